The quantitative estimate of drug-likeness (QED) is 0.602. The summed E-state index contributed by atoms with van der Waals surface area (Å²) in [7, 11) is 4.45. The molecule has 11 heavy (non-hydrogen) atoms. The molecule has 1 aliphatic rings. The van der Waals surface area contributed by atoms with Crippen LogP contribution in [0.4, 0.5) is 0 Å². The Morgan fingerprint density at radius 1 is 1.55 bits per heavy atom. The van der Waals surface area contributed by atoms with Gasteiger partial charge in [0.15, 0.2) is 0 Å². The highest BCUT2D eigenvalue weighted by Gasteiger charge is 2.21. The van der Waals surface area contributed by atoms with Crippen molar-refractivity contribution in [1.29, 1.82) is 0 Å². The van der Waals surface area contributed by atoms with Crippen molar-refractivity contribution in [3.63, 3.8) is 0 Å². The van der Waals surface area contributed by atoms with Crippen LogP contribution in [0.2, 0.25) is 0 Å². The molecule has 0 aromatic rings. The van der Waals surface area contributed by atoms with Crippen LogP contribution in [0.25, 0.3) is 0 Å². The minimum Gasteiger partial charge on any atom is -0.305 e. The molecule has 2 nitrogen and oxygen atoms in total. The summed E-state index contributed by atoms with van der Waals surface area (Å²) in [6.07, 6.45) is 2.63. The second kappa shape index (κ2) is 4.07. The van der Waals surface area contributed by atoms with Crippen molar-refractivity contribution >= 4 is 0 Å². The first-order chi connectivity index (χ1) is 5.24. The molecule has 0 radical (unpaired) electrons. The molecule has 1 heterocycles. The molecule has 0 bridgehead atoms. The lowest BCUT2D eigenvalue weighted by Crippen LogP contribution is -2.34. The SMILES string of the molecule is CCCN(C)C1CCN(C)C1. The first-order valence-corrected chi connectivity index (χ1v) is 4.62. The third-order valence-corrected chi connectivity index (χ3v) is 2.57. The highest BCUT2D eigenvalue weighted by Crippen LogP contribution is 2.12. The number of nitrogens with zero attached hydrogens (tertiary/aromatic N) is 2. The Morgan fingerprint density at radius 2 is 2.27 bits per heavy atom. The zero-order valence-corrected chi connectivity index (χ0v) is 8.01. The average Bonchev–Trinajstić information content (AvgIpc) is 2.36. The number of hydrogen-bond donors (Lipinski definition) is 0. The molecular weight excluding hydrogens is 136 g/mol. The summed E-state index contributed by atoms with van der Waals surface area (Å²) in [6.45, 7) is 6.03. The van der Waals surface area contributed by atoms with Crippen molar-refractivity contribution in [2.75, 3.05) is 33.7 Å². The molecule has 0 aliphatic carbocycles. The van der Waals surface area contributed by atoms with E-state index in [9.17, 15) is 0 Å². The fourth-order valence-corrected chi connectivity index (χ4v) is 1.81. The van der Waals surface area contributed by atoms with Gasteiger partial charge in [-0.05, 0) is 40.0 Å². The number of likely N-dealkylation sites (tertiary alicyclic amines) is 1. The number of rotatable bonds is 3. The maximum atomic E-state index is 2.49. The van der Waals surface area contributed by atoms with Gasteiger partial charge < -0.3 is 9.80 Å². The molecule has 2 heteroatoms. The maximum absolute atomic E-state index is 2.49. The monoisotopic (exact) mass is 156 g/mol. The minimum atomic E-state index is 0.819. The standard InChI is InChI=1S/C9H20N2/c1-4-6-11(3)9-5-7-10(2)8-9/h9H,4-8H2,1-3H3. The average molecular weight is 156 g/mol. The zero-order chi connectivity index (χ0) is 8.27. The fraction of sp³-hybridized carbons (Fsp3) is 1.00. The molecule has 1 saturated heterocycles. The summed E-state index contributed by atoms with van der Waals surface area (Å²) >= 11 is 0. The summed E-state index contributed by atoms with van der Waals surface area (Å²) in [6, 6.07) is 0.819. The van der Waals surface area contributed by atoms with Crippen molar-refractivity contribution in [2.24, 2.45) is 0 Å². The Hall–Kier alpha value is -0.0800. The van der Waals surface area contributed by atoms with E-state index in [2.05, 4.69) is 30.8 Å². The molecular formula is C9H20N2. The van der Waals surface area contributed by atoms with Gasteiger partial charge in [-0.1, -0.05) is 6.92 Å². The van der Waals surface area contributed by atoms with Gasteiger partial charge in [0, 0.05) is 12.6 Å². The van der Waals surface area contributed by atoms with Gasteiger partial charge in [0.1, 0.15) is 0 Å². The Kier molecular flexibility index (Phi) is 3.34. The highest BCUT2D eigenvalue weighted by molar-refractivity contribution is 4.79. The summed E-state index contributed by atoms with van der Waals surface area (Å²) in [5, 5.41) is 0. The van der Waals surface area contributed by atoms with Crippen molar-refractivity contribution in [3.05, 3.63) is 0 Å². The smallest absolute Gasteiger partial charge is 0.0232 e. The summed E-state index contributed by atoms with van der Waals surface area (Å²) in [5.41, 5.74) is 0. The van der Waals surface area contributed by atoms with Crippen LogP contribution in [0.3, 0.4) is 0 Å². The van der Waals surface area contributed by atoms with Gasteiger partial charge in [-0.15, -0.1) is 0 Å². The minimum absolute atomic E-state index is 0.819. The van der Waals surface area contributed by atoms with Crippen molar-refractivity contribution < 1.29 is 0 Å². The first kappa shape index (κ1) is 9.01. The van der Waals surface area contributed by atoms with Gasteiger partial charge in [0.2, 0.25) is 0 Å². The Morgan fingerprint density at radius 3 is 2.73 bits per heavy atom. The van der Waals surface area contributed by atoms with Crippen LogP contribution in [0, 0.1) is 0 Å². The van der Waals surface area contributed by atoms with Gasteiger partial charge in [-0.25, -0.2) is 0 Å². The topological polar surface area (TPSA) is 6.48 Å². The third kappa shape index (κ3) is 2.46. The predicted molar refractivity (Wildman–Crippen MR) is 48.8 cm³/mol. The lowest BCUT2D eigenvalue weighted by atomic mass is 10.2. The lowest BCUT2D eigenvalue weighted by molar-refractivity contribution is 0.242. The maximum Gasteiger partial charge on any atom is 0.0232 e. The van der Waals surface area contributed by atoms with E-state index in [4.69, 9.17) is 0 Å². The van der Waals surface area contributed by atoms with E-state index < -0.39 is 0 Å². The predicted octanol–water partition coefficient (Wildman–Crippen LogP) is 1.03. The molecule has 1 rings (SSSR count). The second-order valence-corrected chi connectivity index (χ2v) is 3.69. The molecule has 0 aromatic carbocycles. The van der Waals surface area contributed by atoms with Gasteiger partial charge in [-0.3, -0.25) is 0 Å². The van der Waals surface area contributed by atoms with E-state index >= 15 is 0 Å². The van der Waals surface area contributed by atoms with Crippen molar-refractivity contribution in [2.45, 2.75) is 25.8 Å². The molecule has 0 spiro atoms. The molecule has 1 fully saturated rings. The normalized spacial score (nSPS) is 26.7. The lowest BCUT2D eigenvalue weighted by Gasteiger charge is -2.23. The summed E-state index contributed by atoms with van der Waals surface area (Å²) in [4.78, 5) is 4.90. The molecule has 0 amide bonds. The van der Waals surface area contributed by atoms with E-state index in [1.165, 1.54) is 32.5 Å². The Balaban J connectivity index is 2.25. The van der Waals surface area contributed by atoms with Crippen LogP contribution in [0.5, 0.6) is 0 Å². The fourth-order valence-electron chi connectivity index (χ4n) is 1.81. The van der Waals surface area contributed by atoms with Crippen LogP contribution in [0.1, 0.15) is 19.8 Å². The van der Waals surface area contributed by atoms with Crippen LogP contribution < -0.4 is 0 Å². The van der Waals surface area contributed by atoms with Gasteiger partial charge in [0.05, 0.1) is 0 Å². The van der Waals surface area contributed by atoms with Gasteiger partial charge >= 0.3 is 0 Å². The van der Waals surface area contributed by atoms with E-state index in [1.54, 1.807) is 0 Å². The third-order valence-electron chi connectivity index (χ3n) is 2.57. The molecule has 66 valence electrons. The number of hydrogen-bond acceptors (Lipinski definition) is 2. The van der Waals surface area contributed by atoms with Crippen LogP contribution >= 0.6 is 0 Å². The van der Waals surface area contributed by atoms with Crippen molar-refractivity contribution in [1.82, 2.24) is 9.80 Å². The van der Waals surface area contributed by atoms with E-state index in [1.807, 2.05) is 0 Å². The summed E-state index contributed by atoms with van der Waals surface area (Å²) in [5.74, 6) is 0. The van der Waals surface area contributed by atoms with E-state index in [0.29, 0.717) is 0 Å². The molecule has 0 N–H and O–H groups in total. The van der Waals surface area contributed by atoms with Crippen LogP contribution in [-0.4, -0.2) is 49.6 Å². The first-order valence-electron chi connectivity index (χ1n) is 4.62. The molecule has 0 saturated carbocycles. The number of likely N-dealkylation sites (N-methyl/N-ethyl adjacent to an activating group) is 2. The zero-order valence-electron chi connectivity index (χ0n) is 8.01. The Bertz CT molecular complexity index is 114. The van der Waals surface area contributed by atoms with E-state index in [0.717, 1.165) is 6.04 Å². The Labute approximate surface area is 70.2 Å². The molecule has 1 unspecified atom stereocenters. The van der Waals surface area contributed by atoms with Crippen LogP contribution in [0.15, 0.2) is 0 Å². The summed E-state index contributed by atoms with van der Waals surface area (Å²) < 4.78 is 0. The van der Waals surface area contributed by atoms with Crippen molar-refractivity contribution in [3.8, 4) is 0 Å². The van der Waals surface area contributed by atoms with Gasteiger partial charge in [-0.2, -0.15) is 0 Å². The second-order valence-electron chi connectivity index (χ2n) is 3.69. The molecule has 1 aliphatic heterocycles. The van der Waals surface area contributed by atoms with E-state index in [-0.39, 0.29) is 0 Å². The van der Waals surface area contributed by atoms with Gasteiger partial charge in [0.25, 0.3) is 0 Å². The molecule has 0 aromatic heterocycles. The largest absolute Gasteiger partial charge is 0.305 e. The molecule has 1 atom stereocenters. The van der Waals surface area contributed by atoms with Crippen LogP contribution in [-0.2, 0) is 0 Å². The highest BCUT2D eigenvalue weighted by atomic mass is 15.2.